The number of nitrogens with zero attached hydrogens (tertiary/aromatic N) is 6. The Balaban J connectivity index is 1.63. The quantitative estimate of drug-likeness (QED) is 0.791. The molecular formula is C12H15BrN6O2. The summed E-state index contributed by atoms with van der Waals surface area (Å²) in [6.45, 7) is 2.61. The summed E-state index contributed by atoms with van der Waals surface area (Å²) in [4.78, 5) is 14.5. The third-order valence-corrected chi connectivity index (χ3v) is 3.64. The number of methoxy groups -OCH3 is 2. The Labute approximate surface area is 130 Å². The van der Waals surface area contributed by atoms with E-state index in [-0.39, 0.29) is 12.0 Å². The van der Waals surface area contributed by atoms with E-state index in [1.807, 2.05) is 10.9 Å². The van der Waals surface area contributed by atoms with Crippen molar-refractivity contribution in [1.29, 1.82) is 0 Å². The van der Waals surface area contributed by atoms with Crippen LogP contribution in [0.5, 0.6) is 12.0 Å². The number of halogens is 1. The summed E-state index contributed by atoms with van der Waals surface area (Å²) in [5, 5.41) is 4.26. The van der Waals surface area contributed by atoms with Crippen molar-refractivity contribution in [2.24, 2.45) is 5.92 Å². The topological polar surface area (TPSA) is 78.2 Å². The highest BCUT2D eigenvalue weighted by molar-refractivity contribution is 9.10. The van der Waals surface area contributed by atoms with Gasteiger partial charge in [-0.3, -0.25) is 4.68 Å². The van der Waals surface area contributed by atoms with Crippen LogP contribution >= 0.6 is 15.9 Å². The molecule has 0 bridgehead atoms. The number of hydrogen-bond acceptors (Lipinski definition) is 7. The number of rotatable bonds is 5. The van der Waals surface area contributed by atoms with E-state index < -0.39 is 0 Å². The number of anilines is 1. The maximum absolute atomic E-state index is 5.05. The van der Waals surface area contributed by atoms with Crippen LogP contribution in [-0.2, 0) is 6.54 Å². The van der Waals surface area contributed by atoms with Crippen LogP contribution in [0.1, 0.15) is 0 Å². The molecule has 2 aromatic heterocycles. The Hall–Kier alpha value is -1.90. The minimum absolute atomic E-state index is 0.260. The van der Waals surface area contributed by atoms with E-state index in [0.29, 0.717) is 11.9 Å². The van der Waals surface area contributed by atoms with E-state index in [1.165, 1.54) is 14.2 Å². The van der Waals surface area contributed by atoms with Gasteiger partial charge in [-0.2, -0.15) is 15.1 Å². The fourth-order valence-corrected chi connectivity index (χ4v) is 2.53. The molecule has 9 heteroatoms. The predicted molar refractivity (Wildman–Crippen MR) is 78.6 cm³/mol. The second-order valence-corrected chi connectivity index (χ2v) is 5.68. The summed E-state index contributed by atoms with van der Waals surface area (Å²) >= 11 is 3.39. The molecule has 0 radical (unpaired) electrons. The molecule has 0 N–H and O–H groups in total. The van der Waals surface area contributed by atoms with Gasteiger partial charge in [-0.15, -0.1) is 4.98 Å². The normalized spacial score (nSPS) is 14.9. The van der Waals surface area contributed by atoms with Crippen LogP contribution in [0.4, 0.5) is 5.95 Å². The van der Waals surface area contributed by atoms with Crippen LogP contribution in [0, 0.1) is 5.92 Å². The first-order valence-electron chi connectivity index (χ1n) is 6.45. The third-order valence-electron chi connectivity index (χ3n) is 3.23. The molecule has 2 aromatic rings. The summed E-state index contributed by atoms with van der Waals surface area (Å²) in [7, 11) is 3.04. The highest BCUT2D eigenvalue weighted by atomic mass is 79.9. The number of ether oxygens (including phenoxy) is 2. The lowest BCUT2D eigenvalue weighted by Gasteiger charge is -2.39. The molecule has 0 amide bonds. The lowest BCUT2D eigenvalue weighted by atomic mass is 10.0. The van der Waals surface area contributed by atoms with Crippen molar-refractivity contribution < 1.29 is 9.47 Å². The van der Waals surface area contributed by atoms with Gasteiger partial charge < -0.3 is 14.4 Å². The average molecular weight is 355 g/mol. The smallest absolute Gasteiger partial charge is 0.324 e. The van der Waals surface area contributed by atoms with Crippen molar-refractivity contribution in [2.45, 2.75) is 6.54 Å². The van der Waals surface area contributed by atoms with Gasteiger partial charge in [0.15, 0.2) is 0 Å². The summed E-state index contributed by atoms with van der Waals surface area (Å²) < 4.78 is 13.0. The third kappa shape index (κ3) is 3.07. The summed E-state index contributed by atoms with van der Waals surface area (Å²) in [6, 6.07) is 0.521. The molecule has 0 saturated carbocycles. The van der Waals surface area contributed by atoms with Gasteiger partial charge in [-0.05, 0) is 15.9 Å². The van der Waals surface area contributed by atoms with Crippen molar-refractivity contribution in [3.05, 3.63) is 16.9 Å². The fraction of sp³-hybridized carbons (Fsp3) is 0.500. The maximum Gasteiger partial charge on any atom is 0.324 e. The second kappa shape index (κ2) is 5.84. The lowest BCUT2D eigenvalue weighted by Crippen LogP contribution is -2.49. The highest BCUT2D eigenvalue weighted by Crippen LogP contribution is 2.25. The standard InChI is InChI=1S/C12H15BrN6O2/c1-20-11-15-10(16-12(17-11)21-2)18-4-8(5-18)6-19-7-9(13)3-14-19/h3,7-8H,4-6H2,1-2H3. The Morgan fingerprint density at radius 1 is 1.19 bits per heavy atom. The molecule has 21 heavy (non-hydrogen) atoms. The SMILES string of the molecule is COc1nc(OC)nc(N2CC(Cn3cc(Br)cn3)C2)n1. The molecule has 1 aliphatic heterocycles. The average Bonchev–Trinajstić information content (AvgIpc) is 2.87. The van der Waals surface area contributed by atoms with Crippen molar-refractivity contribution in [2.75, 3.05) is 32.2 Å². The molecule has 1 aliphatic rings. The van der Waals surface area contributed by atoms with Gasteiger partial charge in [0, 0.05) is 31.7 Å². The van der Waals surface area contributed by atoms with E-state index in [4.69, 9.17) is 9.47 Å². The molecule has 0 spiro atoms. The maximum atomic E-state index is 5.05. The van der Waals surface area contributed by atoms with Gasteiger partial charge in [0.1, 0.15) is 0 Å². The molecule has 0 aromatic carbocycles. The zero-order valence-corrected chi connectivity index (χ0v) is 13.3. The first kappa shape index (κ1) is 14.1. The Morgan fingerprint density at radius 3 is 2.38 bits per heavy atom. The molecule has 0 aliphatic carbocycles. The van der Waals surface area contributed by atoms with Gasteiger partial charge in [0.25, 0.3) is 0 Å². The minimum atomic E-state index is 0.260. The molecule has 0 unspecified atom stereocenters. The van der Waals surface area contributed by atoms with E-state index in [1.54, 1.807) is 6.20 Å². The monoisotopic (exact) mass is 354 g/mol. The predicted octanol–water partition coefficient (Wildman–Crippen LogP) is 0.984. The molecular weight excluding hydrogens is 340 g/mol. The first-order valence-corrected chi connectivity index (χ1v) is 7.24. The Bertz CT molecular complexity index is 606. The summed E-state index contributed by atoms with van der Waals surface area (Å²) in [5.74, 6) is 1.10. The molecule has 1 saturated heterocycles. The van der Waals surface area contributed by atoms with Gasteiger partial charge in [0.2, 0.25) is 5.95 Å². The molecule has 8 nitrogen and oxygen atoms in total. The van der Waals surface area contributed by atoms with Gasteiger partial charge in [0.05, 0.1) is 24.9 Å². The summed E-state index contributed by atoms with van der Waals surface area (Å²) in [5.41, 5.74) is 0. The van der Waals surface area contributed by atoms with Crippen molar-refractivity contribution >= 4 is 21.9 Å². The summed E-state index contributed by atoms with van der Waals surface area (Å²) in [6.07, 6.45) is 3.76. The van der Waals surface area contributed by atoms with Crippen molar-refractivity contribution in [3.8, 4) is 12.0 Å². The van der Waals surface area contributed by atoms with Gasteiger partial charge in [-0.1, -0.05) is 0 Å². The van der Waals surface area contributed by atoms with Crippen molar-refractivity contribution in [1.82, 2.24) is 24.7 Å². The lowest BCUT2D eigenvalue weighted by molar-refractivity contribution is 0.320. The van der Waals surface area contributed by atoms with E-state index in [0.717, 1.165) is 24.1 Å². The minimum Gasteiger partial charge on any atom is -0.467 e. The van der Waals surface area contributed by atoms with E-state index in [2.05, 4.69) is 40.9 Å². The van der Waals surface area contributed by atoms with Crippen LogP contribution in [0.2, 0.25) is 0 Å². The zero-order chi connectivity index (χ0) is 14.8. The molecule has 3 rings (SSSR count). The van der Waals surface area contributed by atoms with E-state index in [9.17, 15) is 0 Å². The molecule has 112 valence electrons. The largest absolute Gasteiger partial charge is 0.467 e. The Kier molecular flexibility index (Phi) is 3.91. The first-order chi connectivity index (χ1) is 10.2. The molecule has 0 atom stereocenters. The van der Waals surface area contributed by atoms with Crippen LogP contribution in [-0.4, -0.2) is 52.0 Å². The van der Waals surface area contributed by atoms with Crippen LogP contribution in [0.25, 0.3) is 0 Å². The highest BCUT2D eigenvalue weighted by Gasteiger charge is 2.30. The zero-order valence-electron chi connectivity index (χ0n) is 11.7. The van der Waals surface area contributed by atoms with Gasteiger partial charge in [-0.25, -0.2) is 0 Å². The van der Waals surface area contributed by atoms with Crippen LogP contribution in [0.3, 0.4) is 0 Å². The Morgan fingerprint density at radius 2 is 1.86 bits per heavy atom. The van der Waals surface area contributed by atoms with Crippen LogP contribution in [0.15, 0.2) is 16.9 Å². The fourth-order valence-electron chi connectivity index (χ4n) is 2.20. The second-order valence-electron chi connectivity index (χ2n) is 4.76. The number of hydrogen-bond donors (Lipinski definition) is 0. The van der Waals surface area contributed by atoms with E-state index >= 15 is 0 Å². The van der Waals surface area contributed by atoms with Crippen molar-refractivity contribution in [3.63, 3.8) is 0 Å². The van der Waals surface area contributed by atoms with Gasteiger partial charge >= 0.3 is 12.0 Å². The number of aromatic nitrogens is 5. The molecule has 3 heterocycles. The van der Waals surface area contributed by atoms with Crippen LogP contribution < -0.4 is 14.4 Å². The molecule has 1 fully saturated rings.